The van der Waals surface area contributed by atoms with Crippen LogP contribution in [-0.4, -0.2) is 36.3 Å². The van der Waals surface area contributed by atoms with Gasteiger partial charge in [-0.3, -0.25) is 9.89 Å². The molecule has 6 rings (SSSR count). The van der Waals surface area contributed by atoms with Crippen LogP contribution in [0.25, 0.3) is 0 Å². The van der Waals surface area contributed by atoms with E-state index in [0.29, 0.717) is 11.5 Å². The van der Waals surface area contributed by atoms with E-state index in [2.05, 4.69) is 65.6 Å². The summed E-state index contributed by atoms with van der Waals surface area (Å²) in [6, 6.07) is 28.9. The van der Waals surface area contributed by atoms with Crippen molar-refractivity contribution in [1.29, 1.82) is 0 Å². The lowest BCUT2D eigenvalue weighted by Gasteiger charge is -2.52. The molecule has 0 radical (unpaired) electrons. The largest absolute Gasteiger partial charge is 0.297 e. The van der Waals surface area contributed by atoms with Gasteiger partial charge in [0, 0.05) is 23.7 Å². The molecule has 0 amide bonds. The number of halogens is 1. The minimum absolute atomic E-state index is 0.164. The summed E-state index contributed by atoms with van der Waals surface area (Å²) < 4.78 is 14.2. The maximum absolute atomic E-state index is 14.2. The van der Waals surface area contributed by atoms with Crippen LogP contribution in [-0.2, 0) is 0 Å². The van der Waals surface area contributed by atoms with E-state index in [1.54, 1.807) is 18.3 Å². The zero-order chi connectivity index (χ0) is 20.3. The van der Waals surface area contributed by atoms with Crippen molar-refractivity contribution < 1.29 is 4.39 Å². The molecule has 30 heavy (non-hydrogen) atoms. The molecule has 3 heteroatoms. The molecule has 0 saturated carbocycles. The predicted octanol–water partition coefficient (Wildman–Crippen LogP) is 5.54. The van der Waals surface area contributed by atoms with Crippen molar-refractivity contribution in [3.05, 3.63) is 107 Å². The molecule has 3 fully saturated rings. The Morgan fingerprint density at radius 1 is 0.800 bits per heavy atom. The second-order valence-corrected chi connectivity index (χ2v) is 8.45. The normalized spacial score (nSPS) is 25.8. The van der Waals surface area contributed by atoms with E-state index in [0.717, 1.165) is 13.1 Å². The van der Waals surface area contributed by atoms with Gasteiger partial charge in [0.15, 0.2) is 0 Å². The minimum Gasteiger partial charge on any atom is -0.297 e. The average Bonchev–Trinajstić information content (AvgIpc) is 2.81. The number of rotatable bonds is 5. The van der Waals surface area contributed by atoms with Gasteiger partial charge in [0.05, 0.1) is 6.04 Å². The first-order valence-corrected chi connectivity index (χ1v) is 10.9. The van der Waals surface area contributed by atoms with E-state index in [1.165, 1.54) is 30.0 Å². The lowest BCUT2D eigenvalue weighted by molar-refractivity contribution is 0.0215. The van der Waals surface area contributed by atoms with E-state index in [-0.39, 0.29) is 23.8 Å². The first kappa shape index (κ1) is 19.2. The summed E-state index contributed by atoms with van der Waals surface area (Å²) in [6.07, 6.45) is 4.11. The molecule has 3 saturated heterocycles. The quantitative estimate of drug-likeness (QED) is 0.515. The number of piperidine rings is 3. The summed E-state index contributed by atoms with van der Waals surface area (Å²) >= 11 is 0. The van der Waals surface area contributed by atoms with Crippen LogP contribution in [0.3, 0.4) is 0 Å². The second-order valence-electron chi connectivity index (χ2n) is 8.45. The number of fused-ring (bicyclic) bond motifs is 3. The van der Waals surface area contributed by atoms with Crippen LogP contribution in [0.4, 0.5) is 4.39 Å². The van der Waals surface area contributed by atoms with Gasteiger partial charge in [0.25, 0.3) is 0 Å². The maximum Gasteiger partial charge on any atom is 0.131 e. The fourth-order valence-corrected chi connectivity index (χ4v) is 5.33. The summed E-state index contributed by atoms with van der Waals surface area (Å²) in [5.41, 5.74) is 3.23. The van der Waals surface area contributed by atoms with E-state index in [4.69, 9.17) is 4.99 Å². The lowest BCUT2D eigenvalue weighted by atomic mass is 9.71. The number of hydrogen-bond donors (Lipinski definition) is 0. The molecule has 2 bridgehead atoms. The number of benzene rings is 3. The summed E-state index contributed by atoms with van der Waals surface area (Å²) in [4.78, 5) is 7.66. The van der Waals surface area contributed by atoms with Crippen molar-refractivity contribution in [2.75, 3.05) is 13.1 Å². The number of aliphatic imine (C=N–C) groups is 1. The Morgan fingerprint density at radius 2 is 1.37 bits per heavy atom. The Hall–Kier alpha value is -2.78. The van der Waals surface area contributed by atoms with Crippen LogP contribution < -0.4 is 0 Å². The van der Waals surface area contributed by atoms with Crippen molar-refractivity contribution in [2.24, 2.45) is 10.9 Å². The van der Waals surface area contributed by atoms with Crippen LogP contribution in [0.1, 0.15) is 35.4 Å². The zero-order valence-electron chi connectivity index (χ0n) is 17.1. The van der Waals surface area contributed by atoms with Crippen molar-refractivity contribution in [1.82, 2.24) is 4.90 Å². The second kappa shape index (κ2) is 8.53. The maximum atomic E-state index is 14.2. The fourth-order valence-electron chi connectivity index (χ4n) is 5.33. The molecule has 0 aliphatic carbocycles. The fraction of sp³-hybridized carbons (Fsp3) is 0.296. The van der Waals surface area contributed by atoms with Crippen molar-refractivity contribution >= 4 is 6.21 Å². The highest BCUT2D eigenvalue weighted by Crippen LogP contribution is 2.43. The molecule has 3 aliphatic rings. The molecule has 3 aromatic carbocycles. The standard InChI is InChI=1S/C27H27FN2/c28-24-14-8-7-13-23(24)19-29-26-22-15-17-30(18-16-22)27(26)25(20-9-3-1-4-10-20)21-11-5-2-6-12-21/h1-14,19,22,25-27H,15-18H2/b29-19-. The molecule has 3 aliphatic heterocycles. The van der Waals surface area contributed by atoms with E-state index in [9.17, 15) is 4.39 Å². The Bertz CT molecular complexity index is 954. The van der Waals surface area contributed by atoms with Crippen molar-refractivity contribution in [2.45, 2.75) is 30.8 Å². The third-order valence-corrected chi connectivity index (χ3v) is 6.78. The summed E-state index contributed by atoms with van der Waals surface area (Å²) in [6.45, 7) is 2.24. The van der Waals surface area contributed by atoms with Gasteiger partial charge in [-0.15, -0.1) is 0 Å². The molecular formula is C27H27FN2. The van der Waals surface area contributed by atoms with Gasteiger partial charge < -0.3 is 0 Å². The highest BCUT2D eigenvalue weighted by molar-refractivity contribution is 5.80. The van der Waals surface area contributed by atoms with Gasteiger partial charge in [0.1, 0.15) is 5.82 Å². The van der Waals surface area contributed by atoms with Crippen LogP contribution in [0.2, 0.25) is 0 Å². The van der Waals surface area contributed by atoms with Gasteiger partial charge in [-0.1, -0.05) is 78.9 Å². The first-order chi connectivity index (χ1) is 14.8. The molecular weight excluding hydrogens is 371 g/mol. The third-order valence-electron chi connectivity index (χ3n) is 6.78. The topological polar surface area (TPSA) is 15.6 Å². The smallest absolute Gasteiger partial charge is 0.131 e. The van der Waals surface area contributed by atoms with Gasteiger partial charge >= 0.3 is 0 Å². The monoisotopic (exact) mass is 398 g/mol. The molecule has 2 nitrogen and oxygen atoms in total. The summed E-state index contributed by atoms with van der Waals surface area (Å²) in [7, 11) is 0. The number of hydrogen-bond acceptors (Lipinski definition) is 2. The molecule has 0 spiro atoms. The van der Waals surface area contributed by atoms with Crippen LogP contribution in [0.5, 0.6) is 0 Å². The molecule has 3 aromatic rings. The minimum atomic E-state index is -0.207. The van der Waals surface area contributed by atoms with E-state index >= 15 is 0 Å². The molecule has 3 heterocycles. The molecule has 2 unspecified atom stereocenters. The van der Waals surface area contributed by atoms with Crippen LogP contribution in [0, 0.1) is 11.7 Å². The van der Waals surface area contributed by atoms with Crippen LogP contribution >= 0.6 is 0 Å². The van der Waals surface area contributed by atoms with Crippen LogP contribution in [0.15, 0.2) is 89.9 Å². The highest BCUT2D eigenvalue weighted by Gasteiger charge is 2.46. The first-order valence-electron chi connectivity index (χ1n) is 10.9. The van der Waals surface area contributed by atoms with Gasteiger partial charge in [-0.05, 0) is 49.0 Å². The Balaban J connectivity index is 1.56. The SMILES string of the molecule is Fc1ccccc1/C=N\C1C2CCN(CC2)C1C(c1ccccc1)c1ccccc1. The number of nitrogens with zero attached hydrogens (tertiary/aromatic N) is 2. The van der Waals surface area contributed by atoms with Gasteiger partial charge in [-0.2, -0.15) is 0 Å². The van der Waals surface area contributed by atoms with E-state index in [1.807, 2.05) is 6.07 Å². The molecule has 0 N–H and O–H groups in total. The van der Waals surface area contributed by atoms with Gasteiger partial charge in [0.2, 0.25) is 0 Å². The third kappa shape index (κ3) is 3.70. The molecule has 2 atom stereocenters. The molecule has 152 valence electrons. The van der Waals surface area contributed by atoms with Gasteiger partial charge in [-0.25, -0.2) is 4.39 Å². The predicted molar refractivity (Wildman–Crippen MR) is 121 cm³/mol. The highest BCUT2D eigenvalue weighted by atomic mass is 19.1. The van der Waals surface area contributed by atoms with E-state index < -0.39 is 0 Å². The zero-order valence-corrected chi connectivity index (χ0v) is 17.1. The summed E-state index contributed by atoms with van der Waals surface area (Å²) in [5, 5.41) is 0. The Labute approximate surface area is 178 Å². The van der Waals surface area contributed by atoms with Crippen molar-refractivity contribution in [3.8, 4) is 0 Å². The Kier molecular flexibility index (Phi) is 5.46. The van der Waals surface area contributed by atoms with Crippen molar-refractivity contribution in [3.63, 3.8) is 0 Å². The Morgan fingerprint density at radius 3 is 1.97 bits per heavy atom. The molecule has 0 aromatic heterocycles. The average molecular weight is 399 g/mol. The lowest BCUT2D eigenvalue weighted by Crippen LogP contribution is -2.59. The summed E-state index contributed by atoms with van der Waals surface area (Å²) in [5.74, 6) is 0.595.